The molecule has 0 spiro atoms. The smallest absolute Gasteiger partial charge is 0.0229 e. The molecule has 1 N–H and O–H groups in total. The van der Waals surface area contributed by atoms with E-state index < -0.39 is 0 Å². The first-order chi connectivity index (χ1) is 2.91. The molecule has 0 aliphatic heterocycles. The van der Waals surface area contributed by atoms with Gasteiger partial charge in [-0.25, -0.2) is 0 Å². The van der Waals surface area contributed by atoms with Gasteiger partial charge in [-0.05, 0) is 6.42 Å². The first-order valence-electron chi connectivity index (χ1n) is 1.89. The lowest BCUT2D eigenvalue weighted by molar-refractivity contribution is 0.876. The van der Waals surface area contributed by atoms with Gasteiger partial charge in [-0.2, -0.15) is 0 Å². The second-order valence-corrected chi connectivity index (χ2v) is 0.925. The van der Waals surface area contributed by atoms with Crippen molar-refractivity contribution in [2.24, 2.45) is 0 Å². The maximum Gasteiger partial charge on any atom is 0.0229 e. The van der Waals surface area contributed by atoms with Crippen LogP contribution in [0.15, 0.2) is 0 Å². The highest BCUT2D eigenvalue weighted by Gasteiger charge is 1.67. The fourth-order valence-corrected chi connectivity index (χ4v) is 0.161. The summed E-state index contributed by atoms with van der Waals surface area (Å²) in [6, 6.07) is 2.28. The van der Waals surface area contributed by atoms with Gasteiger partial charge in [-0.15, -0.1) is 0 Å². The van der Waals surface area contributed by atoms with E-state index in [1.807, 2.05) is 0 Å². The largest absolute Gasteiger partial charge is 0.346 e. The van der Waals surface area contributed by atoms with Crippen molar-refractivity contribution in [2.45, 2.75) is 6.42 Å². The molecule has 0 aliphatic carbocycles. The van der Waals surface area contributed by atoms with Gasteiger partial charge in [0.1, 0.15) is 0 Å². The first-order valence-corrected chi connectivity index (χ1v) is 1.89. The Balaban J connectivity index is 2.54. The summed E-state index contributed by atoms with van der Waals surface area (Å²) in [6.45, 7) is 4.38. The number of hydrogen-bond acceptors (Lipinski definition) is 1. The predicted octanol–water partition coefficient (Wildman–Crippen LogP) is 0.391. The van der Waals surface area contributed by atoms with Crippen LogP contribution < -0.4 is 5.32 Å². The van der Waals surface area contributed by atoms with E-state index in [1.54, 1.807) is 0 Å². The van der Waals surface area contributed by atoms with Crippen LogP contribution in [-0.2, 0) is 0 Å². The predicted molar refractivity (Wildman–Crippen MR) is 26.8 cm³/mol. The molecule has 0 atom stereocenters. The average Bonchev–Trinajstić information content (AvgIpc) is 1.61. The molecule has 0 bridgehead atoms. The average molecular weight is 82.1 g/mol. The highest BCUT2D eigenvalue weighted by atomic mass is 14.8. The minimum absolute atomic E-state index is 0.816. The Kier molecular flexibility index (Phi) is 3.89. The number of rotatable bonds is 2. The van der Waals surface area contributed by atoms with Crippen LogP contribution in [0.25, 0.3) is 0 Å². The van der Waals surface area contributed by atoms with Gasteiger partial charge in [0.2, 0.25) is 0 Å². The van der Waals surface area contributed by atoms with Gasteiger partial charge in [0.25, 0.3) is 0 Å². The van der Waals surface area contributed by atoms with Crippen molar-refractivity contribution in [1.82, 2.24) is 5.32 Å². The van der Waals surface area contributed by atoms with E-state index in [-0.39, 0.29) is 0 Å². The lowest BCUT2D eigenvalue weighted by Gasteiger charge is -1.86. The number of terminal acetylenes is 1. The summed E-state index contributed by atoms with van der Waals surface area (Å²) in [7, 11) is 0. The van der Waals surface area contributed by atoms with Gasteiger partial charge < -0.3 is 5.32 Å². The highest BCUT2D eigenvalue weighted by Crippen LogP contribution is 1.62. The third-order valence-corrected chi connectivity index (χ3v) is 0.404. The molecule has 0 saturated carbocycles. The molecule has 6 heavy (non-hydrogen) atoms. The van der Waals surface area contributed by atoms with E-state index in [4.69, 9.17) is 6.42 Å². The van der Waals surface area contributed by atoms with E-state index in [9.17, 15) is 0 Å². The van der Waals surface area contributed by atoms with Gasteiger partial charge in [0.05, 0.1) is 0 Å². The monoisotopic (exact) mass is 82.1 g/mol. The molecule has 0 aromatic heterocycles. The normalized spacial score (nSPS) is 6.67. The van der Waals surface area contributed by atoms with Crippen molar-refractivity contribution in [2.75, 3.05) is 6.54 Å². The molecule has 0 aromatic carbocycles. The minimum atomic E-state index is 0.816. The molecule has 33 valence electrons. The molecule has 0 saturated heterocycles. The molecule has 0 heterocycles. The van der Waals surface area contributed by atoms with Crippen LogP contribution in [0.3, 0.4) is 0 Å². The summed E-state index contributed by atoms with van der Waals surface area (Å²) in [5, 5.41) is 2.66. The van der Waals surface area contributed by atoms with Crippen LogP contribution in [0.4, 0.5) is 0 Å². The summed E-state index contributed by atoms with van der Waals surface area (Å²) >= 11 is 0. The van der Waals surface area contributed by atoms with Gasteiger partial charge in [-0.3, -0.25) is 0 Å². The van der Waals surface area contributed by atoms with Crippen molar-refractivity contribution in [3.8, 4) is 12.5 Å². The second kappa shape index (κ2) is 4.36. The second-order valence-electron chi connectivity index (χ2n) is 0.925. The third kappa shape index (κ3) is 3.36. The van der Waals surface area contributed by atoms with Gasteiger partial charge in [-0.1, -0.05) is 13.3 Å². The standard InChI is InChI=1S/C5H8N/c1-3-5-6-4-2/h2,6H,1,3,5H2. The molecule has 0 fully saturated rings. The van der Waals surface area contributed by atoms with Gasteiger partial charge in [0.15, 0.2) is 0 Å². The molecular formula is C5H8N. The fraction of sp³-hybridized carbons (Fsp3) is 0.400. The molecule has 0 aromatic rings. The van der Waals surface area contributed by atoms with Crippen molar-refractivity contribution in [1.29, 1.82) is 0 Å². The molecule has 0 amide bonds. The maximum atomic E-state index is 4.83. The number of nitrogens with one attached hydrogen (secondary N) is 1. The summed E-state index contributed by atoms with van der Waals surface area (Å²) in [5.41, 5.74) is 0. The molecule has 0 rings (SSSR count). The summed E-state index contributed by atoms with van der Waals surface area (Å²) in [4.78, 5) is 0. The Bertz CT molecular complexity index is 51.4. The summed E-state index contributed by atoms with van der Waals surface area (Å²) < 4.78 is 0. The SMILES string of the molecule is C#CNCC[CH2]. The fourth-order valence-electron chi connectivity index (χ4n) is 0.161. The van der Waals surface area contributed by atoms with Crippen LogP contribution >= 0.6 is 0 Å². The molecule has 0 unspecified atom stereocenters. The topological polar surface area (TPSA) is 12.0 Å². The zero-order valence-electron chi connectivity index (χ0n) is 3.70. The zero-order chi connectivity index (χ0) is 4.83. The first kappa shape index (κ1) is 5.36. The van der Waals surface area contributed by atoms with Crippen molar-refractivity contribution in [3.05, 3.63) is 6.92 Å². The van der Waals surface area contributed by atoms with E-state index in [0.717, 1.165) is 13.0 Å². The maximum absolute atomic E-state index is 4.83. The van der Waals surface area contributed by atoms with Crippen LogP contribution in [0.2, 0.25) is 0 Å². The van der Waals surface area contributed by atoms with Gasteiger partial charge in [0, 0.05) is 12.6 Å². The van der Waals surface area contributed by atoms with E-state index in [0.29, 0.717) is 0 Å². The van der Waals surface area contributed by atoms with Crippen molar-refractivity contribution in [3.63, 3.8) is 0 Å². The molecule has 1 heteroatoms. The Morgan fingerprint density at radius 2 is 2.50 bits per heavy atom. The number of hydrogen-bond donors (Lipinski definition) is 1. The zero-order valence-corrected chi connectivity index (χ0v) is 3.70. The van der Waals surface area contributed by atoms with Crippen LogP contribution in [0, 0.1) is 19.4 Å². The Morgan fingerprint density at radius 1 is 1.83 bits per heavy atom. The van der Waals surface area contributed by atoms with E-state index in [1.165, 1.54) is 0 Å². The van der Waals surface area contributed by atoms with E-state index in [2.05, 4.69) is 18.3 Å². The Labute approximate surface area is 38.7 Å². The van der Waals surface area contributed by atoms with Crippen molar-refractivity contribution >= 4 is 0 Å². The Morgan fingerprint density at radius 3 is 2.67 bits per heavy atom. The third-order valence-electron chi connectivity index (χ3n) is 0.404. The molecule has 1 nitrogen and oxygen atoms in total. The quantitative estimate of drug-likeness (QED) is 0.289. The Hall–Kier alpha value is -0.640. The lowest BCUT2D eigenvalue weighted by atomic mass is 10.5. The van der Waals surface area contributed by atoms with E-state index >= 15 is 0 Å². The molecular weight excluding hydrogens is 74.1 g/mol. The van der Waals surface area contributed by atoms with Gasteiger partial charge >= 0.3 is 0 Å². The van der Waals surface area contributed by atoms with Crippen LogP contribution in [0.5, 0.6) is 0 Å². The molecule has 0 aliphatic rings. The van der Waals surface area contributed by atoms with Crippen LogP contribution in [0.1, 0.15) is 6.42 Å². The minimum Gasteiger partial charge on any atom is -0.346 e. The molecule has 1 radical (unpaired) electrons. The summed E-state index contributed by atoms with van der Waals surface area (Å²) in [6.07, 6.45) is 5.68. The summed E-state index contributed by atoms with van der Waals surface area (Å²) in [5.74, 6) is 0. The van der Waals surface area contributed by atoms with Crippen LogP contribution in [-0.4, -0.2) is 6.54 Å². The highest BCUT2D eigenvalue weighted by molar-refractivity contribution is 4.79. The van der Waals surface area contributed by atoms with Crippen molar-refractivity contribution < 1.29 is 0 Å². The lowest BCUT2D eigenvalue weighted by Crippen LogP contribution is -2.04.